The van der Waals surface area contributed by atoms with Gasteiger partial charge in [0.15, 0.2) is 0 Å². The first kappa shape index (κ1) is 14.5. The molecule has 1 saturated heterocycles. The van der Waals surface area contributed by atoms with E-state index in [0.717, 1.165) is 38.9 Å². The largest absolute Gasteiger partial charge is 0.468 e. The monoisotopic (exact) mass is 243 g/mol. The summed E-state index contributed by atoms with van der Waals surface area (Å²) in [5.74, 6) is 0.331. The van der Waals surface area contributed by atoms with E-state index < -0.39 is 0 Å². The Kier molecular flexibility index (Phi) is 6.52. The van der Waals surface area contributed by atoms with Crippen molar-refractivity contribution < 1.29 is 14.3 Å². The van der Waals surface area contributed by atoms with Crippen LogP contribution in [0.4, 0.5) is 0 Å². The van der Waals surface area contributed by atoms with Crippen LogP contribution in [-0.4, -0.2) is 38.4 Å². The van der Waals surface area contributed by atoms with Gasteiger partial charge in [-0.25, -0.2) is 0 Å². The predicted octanol–water partition coefficient (Wildman–Crippen LogP) is 1.73. The Hall–Kier alpha value is -0.610. The fourth-order valence-corrected chi connectivity index (χ4v) is 2.20. The second kappa shape index (κ2) is 7.67. The molecule has 0 spiro atoms. The topological polar surface area (TPSA) is 47.6 Å². The molecule has 100 valence electrons. The summed E-state index contributed by atoms with van der Waals surface area (Å²) >= 11 is 0. The maximum atomic E-state index is 11.7. The van der Waals surface area contributed by atoms with E-state index in [4.69, 9.17) is 9.47 Å². The molecule has 2 unspecified atom stereocenters. The molecule has 0 radical (unpaired) electrons. The van der Waals surface area contributed by atoms with Crippen LogP contribution in [0.1, 0.15) is 39.5 Å². The zero-order chi connectivity index (χ0) is 12.7. The second-order valence-corrected chi connectivity index (χ2v) is 5.11. The zero-order valence-electron chi connectivity index (χ0n) is 11.2. The third-order valence-electron chi connectivity index (χ3n) is 3.08. The van der Waals surface area contributed by atoms with Crippen molar-refractivity contribution in [1.82, 2.24) is 5.32 Å². The molecule has 1 rings (SSSR count). The van der Waals surface area contributed by atoms with Crippen LogP contribution < -0.4 is 5.32 Å². The Balaban J connectivity index is 2.48. The van der Waals surface area contributed by atoms with Gasteiger partial charge in [0.05, 0.1) is 7.11 Å². The van der Waals surface area contributed by atoms with Crippen molar-refractivity contribution in [1.29, 1.82) is 0 Å². The van der Waals surface area contributed by atoms with E-state index in [2.05, 4.69) is 19.2 Å². The van der Waals surface area contributed by atoms with Crippen LogP contribution in [0, 0.1) is 5.92 Å². The summed E-state index contributed by atoms with van der Waals surface area (Å²) in [4.78, 5) is 11.7. The summed E-state index contributed by atoms with van der Waals surface area (Å²) in [6, 6.07) is 0.198. The number of carbonyl (C=O) groups is 1. The Morgan fingerprint density at radius 2 is 2.18 bits per heavy atom. The molecular weight excluding hydrogens is 218 g/mol. The number of carbonyl (C=O) groups excluding carboxylic acids is 1. The van der Waals surface area contributed by atoms with Gasteiger partial charge in [0.2, 0.25) is 0 Å². The summed E-state index contributed by atoms with van der Waals surface area (Å²) in [5.41, 5.74) is 0. The number of hydrogen-bond donors (Lipinski definition) is 1. The third-order valence-corrected chi connectivity index (χ3v) is 3.08. The van der Waals surface area contributed by atoms with Gasteiger partial charge < -0.3 is 14.8 Å². The molecule has 0 amide bonds. The lowest BCUT2D eigenvalue weighted by Crippen LogP contribution is -2.44. The Bertz CT molecular complexity index is 223. The number of nitrogens with one attached hydrogen (secondary N) is 1. The van der Waals surface area contributed by atoms with E-state index >= 15 is 0 Å². The molecule has 0 aromatic rings. The van der Waals surface area contributed by atoms with Crippen molar-refractivity contribution in [3.8, 4) is 0 Å². The van der Waals surface area contributed by atoms with Crippen LogP contribution in [0.15, 0.2) is 0 Å². The lowest BCUT2D eigenvalue weighted by molar-refractivity contribution is -0.143. The molecule has 4 heteroatoms. The fraction of sp³-hybridized carbons (Fsp3) is 0.923. The molecule has 1 fully saturated rings. The normalized spacial score (nSPS) is 23.2. The molecule has 0 aliphatic carbocycles. The highest BCUT2D eigenvalue weighted by Gasteiger charge is 2.24. The van der Waals surface area contributed by atoms with Crippen LogP contribution in [0.2, 0.25) is 0 Å². The lowest BCUT2D eigenvalue weighted by Gasteiger charge is -2.24. The quantitative estimate of drug-likeness (QED) is 0.747. The van der Waals surface area contributed by atoms with Crippen molar-refractivity contribution in [3.05, 3.63) is 0 Å². The van der Waals surface area contributed by atoms with Crippen LogP contribution in [0.3, 0.4) is 0 Å². The summed E-state index contributed by atoms with van der Waals surface area (Å²) in [6.07, 6.45) is 3.94. The average molecular weight is 243 g/mol. The predicted molar refractivity (Wildman–Crippen MR) is 66.9 cm³/mol. The molecule has 0 bridgehead atoms. The van der Waals surface area contributed by atoms with Crippen molar-refractivity contribution in [3.63, 3.8) is 0 Å². The van der Waals surface area contributed by atoms with Gasteiger partial charge in [-0.3, -0.25) is 4.79 Å². The molecule has 4 nitrogen and oxygen atoms in total. The van der Waals surface area contributed by atoms with E-state index in [1.54, 1.807) is 0 Å². The van der Waals surface area contributed by atoms with Gasteiger partial charge >= 0.3 is 5.97 Å². The minimum atomic E-state index is -0.178. The third kappa shape index (κ3) is 5.50. The Morgan fingerprint density at radius 3 is 2.82 bits per heavy atom. The molecule has 17 heavy (non-hydrogen) atoms. The number of rotatable bonds is 5. The van der Waals surface area contributed by atoms with Gasteiger partial charge in [-0.2, -0.15) is 0 Å². The van der Waals surface area contributed by atoms with Crippen LogP contribution >= 0.6 is 0 Å². The lowest BCUT2D eigenvalue weighted by atomic mass is 10.0. The molecular formula is C13H25NO3. The van der Waals surface area contributed by atoms with Crippen molar-refractivity contribution in [2.75, 3.05) is 20.3 Å². The zero-order valence-corrected chi connectivity index (χ0v) is 11.2. The van der Waals surface area contributed by atoms with Gasteiger partial charge in [0, 0.05) is 19.3 Å². The fourth-order valence-electron chi connectivity index (χ4n) is 2.20. The highest BCUT2D eigenvalue weighted by atomic mass is 16.5. The summed E-state index contributed by atoms with van der Waals surface area (Å²) in [6.45, 7) is 5.86. The first-order chi connectivity index (χ1) is 8.13. The van der Waals surface area contributed by atoms with Gasteiger partial charge in [-0.1, -0.05) is 13.8 Å². The van der Waals surface area contributed by atoms with Gasteiger partial charge in [-0.05, 0) is 31.6 Å². The minimum absolute atomic E-state index is 0.149. The van der Waals surface area contributed by atoms with Gasteiger partial charge in [0.1, 0.15) is 6.04 Å². The van der Waals surface area contributed by atoms with Crippen molar-refractivity contribution in [2.24, 2.45) is 5.92 Å². The van der Waals surface area contributed by atoms with E-state index in [1.165, 1.54) is 7.11 Å². The highest BCUT2D eigenvalue weighted by molar-refractivity contribution is 5.75. The average Bonchev–Trinajstić information content (AvgIpc) is 2.55. The maximum Gasteiger partial charge on any atom is 0.322 e. The van der Waals surface area contributed by atoms with E-state index in [0.29, 0.717) is 12.0 Å². The van der Waals surface area contributed by atoms with Crippen LogP contribution in [0.5, 0.6) is 0 Å². The molecule has 1 heterocycles. The molecule has 1 aliphatic heterocycles. The number of esters is 1. The minimum Gasteiger partial charge on any atom is -0.468 e. The van der Waals surface area contributed by atoms with E-state index in [-0.39, 0.29) is 12.0 Å². The van der Waals surface area contributed by atoms with E-state index in [1.807, 2.05) is 0 Å². The number of methoxy groups -OCH3 is 1. The summed E-state index contributed by atoms with van der Waals surface area (Å²) < 4.78 is 10.3. The number of hydrogen-bond acceptors (Lipinski definition) is 4. The van der Waals surface area contributed by atoms with Crippen molar-refractivity contribution >= 4 is 5.97 Å². The van der Waals surface area contributed by atoms with Gasteiger partial charge in [-0.15, -0.1) is 0 Å². The van der Waals surface area contributed by atoms with E-state index in [9.17, 15) is 4.79 Å². The molecule has 0 aromatic carbocycles. The van der Waals surface area contributed by atoms with Gasteiger partial charge in [0.25, 0.3) is 0 Å². The summed E-state index contributed by atoms with van der Waals surface area (Å²) in [5, 5.41) is 3.42. The maximum absolute atomic E-state index is 11.7. The smallest absolute Gasteiger partial charge is 0.322 e. The first-order valence-corrected chi connectivity index (χ1v) is 6.55. The Labute approximate surface area is 104 Å². The first-order valence-electron chi connectivity index (χ1n) is 6.55. The number of ether oxygens (including phenoxy) is 2. The standard InChI is InChI=1S/C13H25NO3/c1-10(2)9-12(13(15)16-3)14-11-5-4-7-17-8-6-11/h10-12,14H,4-9H2,1-3H3. The SMILES string of the molecule is COC(=O)C(CC(C)C)NC1CCCOCC1. The molecule has 2 atom stereocenters. The van der Waals surface area contributed by atoms with Crippen LogP contribution in [-0.2, 0) is 14.3 Å². The second-order valence-electron chi connectivity index (χ2n) is 5.11. The molecule has 1 aliphatic rings. The van der Waals surface area contributed by atoms with Crippen LogP contribution in [0.25, 0.3) is 0 Å². The highest BCUT2D eigenvalue weighted by Crippen LogP contribution is 2.12. The van der Waals surface area contributed by atoms with Crippen molar-refractivity contribution in [2.45, 2.75) is 51.6 Å². The molecule has 0 saturated carbocycles. The summed E-state index contributed by atoms with van der Waals surface area (Å²) in [7, 11) is 1.45. The molecule has 1 N–H and O–H groups in total. The molecule has 0 aromatic heterocycles. The Morgan fingerprint density at radius 1 is 1.41 bits per heavy atom.